The molecule has 6 nitrogen and oxygen atoms in total. The van der Waals surface area contributed by atoms with E-state index in [2.05, 4.69) is 10.0 Å². The van der Waals surface area contributed by atoms with Crippen molar-refractivity contribution in [2.24, 2.45) is 0 Å². The summed E-state index contributed by atoms with van der Waals surface area (Å²) >= 11 is 12.1. The summed E-state index contributed by atoms with van der Waals surface area (Å²) in [5.41, 5.74) is 1.42. The smallest absolute Gasteiger partial charge is 0.241 e. The number of carbonyl (C=O) groups is 1. The van der Waals surface area contributed by atoms with Crippen molar-refractivity contribution in [1.82, 2.24) is 9.62 Å². The van der Waals surface area contributed by atoms with Crippen LogP contribution in [0.4, 0.5) is 5.69 Å². The van der Waals surface area contributed by atoms with Gasteiger partial charge in [0.15, 0.2) is 0 Å². The van der Waals surface area contributed by atoms with Gasteiger partial charge in [0.25, 0.3) is 0 Å². The molecular weight excluding hydrogens is 433 g/mol. The Hall–Kier alpha value is -1.64. The van der Waals surface area contributed by atoms with Crippen LogP contribution in [0.15, 0.2) is 47.4 Å². The number of nitrogens with one attached hydrogen (secondary N) is 2. The lowest BCUT2D eigenvalue weighted by Crippen LogP contribution is -2.39. The first-order valence-corrected chi connectivity index (χ1v) is 11.3. The normalized spacial score (nSPS) is 13.0. The Morgan fingerprint density at radius 1 is 1.03 bits per heavy atom. The predicted molar refractivity (Wildman–Crippen MR) is 118 cm³/mol. The van der Waals surface area contributed by atoms with Crippen molar-refractivity contribution in [2.45, 2.75) is 44.3 Å². The molecule has 0 aliphatic carbocycles. The second-order valence-corrected chi connectivity index (χ2v) is 9.75. The van der Waals surface area contributed by atoms with Crippen molar-refractivity contribution < 1.29 is 13.2 Å². The van der Waals surface area contributed by atoms with Crippen LogP contribution in [0.25, 0.3) is 0 Å². The molecule has 2 aromatic carbocycles. The van der Waals surface area contributed by atoms with Gasteiger partial charge in [0.1, 0.15) is 0 Å². The van der Waals surface area contributed by atoms with Crippen molar-refractivity contribution in [2.75, 3.05) is 12.4 Å². The van der Waals surface area contributed by atoms with Gasteiger partial charge in [0.2, 0.25) is 15.9 Å². The van der Waals surface area contributed by atoms with Crippen LogP contribution in [-0.4, -0.2) is 38.4 Å². The van der Waals surface area contributed by atoms with Crippen molar-refractivity contribution >= 4 is 44.8 Å². The van der Waals surface area contributed by atoms with Crippen LogP contribution >= 0.6 is 23.2 Å². The molecule has 1 atom stereocenters. The highest BCUT2D eigenvalue weighted by Gasteiger charge is 2.19. The summed E-state index contributed by atoms with van der Waals surface area (Å²) < 4.78 is 26.9. The van der Waals surface area contributed by atoms with E-state index in [1.54, 1.807) is 51.1 Å². The molecule has 1 amide bonds. The summed E-state index contributed by atoms with van der Waals surface area (Å²) in [6.07, 6.45) is 0. The molecule has 0 saturated carbocycles. The number of nitrogens with zero attached hydrogens (tertiary/aromatic N) is 1. The third-order valence-electron chi connectivity index (χ3n) is 4.22. The first-order chi connectivity index (χ1) is 13.5. The molecule has 0 spiro atoms. The molecule has 29 heavy (non-hydrogen) atoms. The average molecular weight is 458 g/mol. The van der Waals surface area contributed by atoms with E-state index in [1.807, 2.05) is 11.9 Å². The van der Waals surface area contributed by atoms with Crippen molar-refractivity contribution in [3.05, 3.63) is 58.1 Å². The third kappa shape index (κ3) is 6.97. The number of sulfonamides is 1. The maximum Gasteiger partial charge on any atom is 0.241 e. The molecule has 0 radical (unpaired) electrons. The quantitative estimate of drug-likeness (QED) is 0.624. The number of amides is 1. The minimum absolute atomic E-state index is 0.146. The molecule has 9 heteroatoms. The topological polar surface area (TPSA) is 78.5 Å². The zero-order valence-electron chi connectivity index (χ0n) is 16.7. The van der Waals surface area contributed by atoms with Crippen LogP contribution in [0.3, 0.4) is 0 Å². The minimum atomic E-state index is -3.57. The van der Waals surface area contributed by atoms with Crippen LogP contribution in [-0.2, 0) is 21.4 Å². The van der Waals surface area contributed by atoms with Gasteiger partial charge in [-0.25, -0.2) is 13.1 Å². The lowest BCUT2D eigenvalue weighted by Gasteiger charge is -2.24. The highest BCUT2D eigenvalue weighted by atomic mass is 35.5. The number of anilines is 1. The molecule has 2 rings (SSSR count). The fourth-order valence-corrected chi connectivity index (χ4v) is 4.49. The molecule has 0 heterocycles. The van der Waals surface area contributed by atoms with Gasteiger partial charge in [-0.3, -0.25) is 9.69 Å². The lowest BCUT2D eigenvalue weighted by atomic mass is 10.2. The van der Waals surface area contributed by atoms with E-state index in [-0.39, 0.29) is 16.8 Å². The Morgan fingerprint density at radius 3 is 2.10 bits per heavy atom. The summed E-state index contributed by atoms with van der Waals surface area (Å²) in [5.74, 6) is -0.212. The number of rotatable bonds is 8. The Balaban J connectivity index is 2.01. The van der Waals surface area contributed by atoms with E-state index >= 15 is 0 Å². The highest BCUT2D eigenvalue weighted by Crippen LogP contribution is 2.21. The standard InChI is InChI=1S/C20H25Cl2N3O3S/c1-13(2)24-29(27,28)19-7-5-18(6-8-19)23-20(26)14(3)25(4)12-15-9-16(21)11-17(22)10-15/h5-11,13-14,24H,12H2,1-4H3,(H,23,26). The number of carbonyl (C=O) groups excluding carboxylic acids is 1. The van der Waals surface area contributed by atoms with Gasteiger partial charge in [-0.1, -0.05) is 23.2 Å². The van der Waals surface area contributed by atoms with Crippen LogP contribution in [0.1, 0.15) is 26.3 Å². The van der Waals surface area contributed by atoms with Gasteiger partial charge in [-0.05, 0) is 75.8 Å². The first kappa shape index (κ1) is 23.6. The van der Waals surface area contributed by atoms with Crippen molar-refractivity contribution in [3.63, 3.8) is 0 Å². The van der Waals surface area contributed by atoms with Crippen LogP contribution in [0.2, 0.25) is 10.0 Å². The van der Waals surface area contributed by atoms with Gasteiger partial charge >= 0.3 is 0 Å². The second kappa shape index (κ2) is 9.91. The molecule has 158 valence electrons. The summed E-state index contributed by atoms with van der Waals surface area (Å²) in [4.78, 5) is 14.6. The fraction of sp³-hybridized carbons (Fsp3) is 0.350. The van der Waals surface area contributed by atoms with E-state index in [0.29, 0.717) is 22.3 Å². The largest absolute Gasteiger partial charge is 0.325 e. The number of halogens is 2. The molecule has 0 saturated heterocycles. The van der Waals surface area contributed by atoms with Crippen molar-refractivity contribution in [1.29, 1.82) is 0 Å². The summed E-state index contributed by atoms with van der Waals surface area (Å²) in [5, 5.41) is 3.89. The lowest BCUT2D eigenvalue weighted by molar-refractivity contribution is -0.120. The molecule has 2 aromatic rings. The van der Waals surface area contributed by atoms with Crippen molar-refractivity contribution in [3.8, 4) is 0 Å². The van der Waals surface area contributed by atoms with E-state index < -0.39 is 16.1 Å². The SMILES string of the molecule is CC(C)NS(=O)(=O)c1ccc(NC(=O)C(C)N(C)Cc2cc(Cl)cc(Cl)c2)cc1. The van der Waals surface area contributed by atoms with E-state index in [4.69, 9.17) is 23.2 Å². The molecule has 0 aromatic heterocycles. The minimum Gasteiger partial charge on any atom is -0.325 e. The monoisotopic (exact) mass is 457 g/mol. The summed E-state index contributed by atoms with van der Waals surface area (Å²) in [6, 6.07) is 10.7. The number of likely N-dealkylation sites (N-methyl/N-ethyl adjacent to an activating group) is 1. The van der Waals surface area contributed by atoms with E-state index in [9.17, 15) is 13.2 Å². The third-order valence-corrected chi connectivity index (χ3v) is 6.33. The van der Waals surface area contributed by atoms with Gasteiger partial charge in [-0.2, -0.15) is 0 Å². The average Bonchev–Trinajstić information content (AvgIpc) is 2.59. The zero-order chi connectivity index (χ0) is 21.8. The molecule has 1 unspecified atom stereocenters. The predicted octanol–water partition coefficient (Wildman–Crippen LogP) is 4.14. The van der Waals surface area contributed by atoms with E-state index in [1.165, 1.54) is 12.1 Å². The summed E-state index contributed by atoms with van der Waals surface area (Å²) in [6.45, 7) is 5.78. The van der Waals surface area contributed by atoms with Crippen LogP contribution in [0.5, 0.6) is 0 Å². The van der Waals surface area contributed by atoms with Gasteiger partial charge < -0.3 is 5.32 Å². The second-order valence-electron chi connectivity index (χ2n) is 7.16. The molecule has 2 N–H and O–H groups in total. The number of benzene rings is 2. The Labute approximate surface area is 182 Å². The molecule has 0 aliphatic heterocycles. The highest BCUT2D eigenvalue weighted by molar-refractivity contribution is 7.89. The molecule has 0 bridgehead atoms. The zero-order valence-corrected chi connectivity index (χ0v) is 19.1. The molecule has 0 aliphatic rings. The molecule has 0 fully saturated rings. The van der Waals surface area contributed by atoms with Crippen LogP contribution in [0, 0.1) is 0 Å². The Kier molecular flexibility index (Phi) is 8.08. The molecular formula is C20H25Cl2N3O3S. The summed E-state index contributed by atoms with van der Waals surface area (Å²) in [7, 11) is -1.74. The maximum absolute atomic E-state index is 12.6. The number of hydrogen-bond acceptors (Lipinski definition) is 4. The van der Waals surface area contributed by atoms with Gasteiger partial charge in [0, 0.05) is 28.3 Å². The first-order valence-electron chi connectivity index (χ1n) is 9.06. The van der Waals surface area contributed by atoms with Gasteiger partial charge in [-0.15, -0.1) is 0 Å². The van der Waals surface area contributed by atoms with Crippen LogP contribution < -0.4 is 10.0 Å². The maximum atomic E-state index is 12.6. The van der Waals surface area contributed by atoms with E-state index in [0.717, 1.165) is 5.56 Å². The van der Waals surface area contributed by atoms with Gasteiger partial charge in [0.05, 0.1) is 10.9 Å². The Morgan fingerprint density at radius 2 is 1.59 bits per heavy atom. The number of hydrogen-bond donors (Lipinski definition) is 2. The fourth-order valence-electron chi connectivity index (χ4n) is 2.67. The Bertz CT molecular complexity index is 943.